The van der Waals surface area contributed by atoms with Gasteiger partial charge in [-0.1, -0.05) is 36.7 Å². The first-order chi connectivity index (χ1) is 9.88. The highest BCUT2D eigenvalue weighted by atomic mass is 79.9. The first-order valence-electron chi connectivity index (χ1n) is 7.40. The summed E-state index contributed by atoms with van der Waals surface area (Å²) in [6, 6.07) is 6.17. The topological polar surface area (TPSA) is 30.5 Å². The molecule has 1 N–H and O–H groups in total. The summed E-state index contributed by atoms with van der Waals surface area (Å²) in [4.78, 5) is 0. The Kier molecular flexibility index (Phi) is 7.71. The maximum absolute atomic E-state index is 5.34. The zero-order valence-corrected chi connectivity index (χ0v) is 15.4. The third kappa shape index (κ3) is 6.37. The fourth-order valence-electron chi connectivity index (χ4n) is 2.24. The van der Waals surface area contributed by atoms with Crippen molar-refractivity contribution in [3.63, 3.8) is 0 Å². The average Bonchev–Trinajstić information content (AvgIpc) is 2.43. The monoisotopic (exact) mass is 357 g/mol. The fraction of sp³-hybridized carbons (Fsp3) is 0.647. The molecule has 1 atom stereocenters. The molecule has 0 bridgehead atoms. The van der Waals surface area contributed by atoms with Crippen molar-refractivity contribution in [2.45, 2.75) is 27.2 Å². The van der Waals surface area contributed by atoms with Crippen LogP contribution in [-0.4, -0.2) is 33.9 Å². The van der Waals surface area contributed by atoms with Crippen LogP contribution in [0.4, 0.5) is 0 Å². The molecule has 0 saturated carbocycles. The predicted molar refractivity (Wildman–Crippen MR) is 92.1 cm³/mol. The summed E-state index contributed by atoms with van der Waals surface area (Å²) in [5.41, 5.74) is 1.53. The van der Waals surface area contributed by atoms with Crippen molar-refractivity contribution < 1.29 is 9.47 Å². The Hall–Kier alpha value is -0.580. The van der Waals surface area contributed by atoms with Crippen LogP contribution in [0.15, 0.2) is 22.7 Å². The number of hydrogen-bond donors (Lipinski definition) is 1. The SMILES string of the molecule is COCCNCC(Cc1cc(OC)ccc1Br)C(C)(C)C. The van der Waals surface area contributed by atoms with Gasteiger partial charge in [0.15, 0.2) is 0 Å². The van der Waals surface area contributed by atoms with Gasteiger partial charge in [-0.2, -0.15) is 0 Å². The summed E-state index contributed by atoms with van der Waals surface area (Å²) in [7, 11) is 3.44. The molecule has 3 nitrogen and oxygen atoms in total. The molecule has 0 aliphatic heterocycles. The van der Waals surface area contributed by atoms with Crippen molar-refractivity contribution in [1.29, 1.82) is 0 Å². The van der Waals surface area contributed by atoms with Crippen molar-refractivity contribution in [1.82, 2.24) is 5.32 Å². The lowest BCUT2D eigenvalue weighted by Gasteiger charge is -2.31. The number of benzene rings is 1. The largest absolute Gasteiger partial charge is 0.497 e. The Labute approximate surface area is 137 Å². The molecule has 0 aliphatic rings. The second-order valence-corrected chi connectivity index (χ2v) is 7.28. The second-order valence-electron chi connectivity index (χ2n) is 6.42. The first kappa shape index (κ1) is 18.5. The number of hydrogen-bond acceptors (Lipinski definition) is 3. The Balaban J connectivity index is 2.76. The van der Waals surface area contributed by atoms with Gasteiger partial charge in [0.2, 0.25) is 0 Å². The van der Waals surface area contributed by atoms with Crippen molar-refractivity contribution in [2.75, 3.05) is 33.9 Å². The summed E-state index contributed by atoms with van der Waals surface area (Å²) in [6.07, 6.45) is 1.02. The van der Waals surface area contributed by atoms with Gasteiger partial charge in [-0.05, 0) is 48.1 Å². The third-order valence-corrected chi connectivity index (χ3v) is 4.59. The molecular weight excluding hydrogens is 330 g/mol. The highest BCUT2D eigenvalue weighted by molar-refractivity contribution is 9.10. The van der Waals surface area contributed by atoms with Gasteiger partial charge < -0.3 is 14.8 Å². The van der Waals surface area contributed by atoms with Crippen LogP contribution >= 0.6 is 15.9 Å². The Morgan fingerprint density at radius 2 is 1.95 bits per heavy atom. The van der Waals surface area contributed by atoms with E-state index < -0.39 is 0 Å². The summed E-state index contributed by atoms with van der Waals surface area (Å²) < 4.78 is 11.6. The Morgan fingerprint density at radius 1 is 1.24 bits per heavy atom. The van der Waals surface area contributed by atoms with Crippen LogP contribution in [0.5, 0.6) is 5.75 Å². The van der Waals surface area contributed by atoms with E-state index in [0.29, 0.717) is 5.92 Å². The van der Waals surface area contributed by atoms with Crippen molar-refractivity contribution in [2.24, 2.45) is 11.3 Å². The number of rotatable bonds is 8. The van der Waals surface area contributed by atoms with Gasteiger partial charge in [0.05, 0.1) is 13.7 Å². The predicted octanol–water partition coefficient (Wildman–Crippen LogP) is 3.90. The number of halogens is 1. The maximum Gasteiger partial charge on any atom is 0.119 e. The van der Waals surface area contributed by atoms with E-state index in [2.05, 4.69) is 54.2 Å². The van der Waals surface area contributed by atoms with Crippen LogP contribution < -0.4 is 10.1 Å². The molecule has 1 aromatic carbocycles. The minimum absolute atomic E-state index is 0.239. The number of methoxy groups -OCH3 is 2. The van der Waals surface area contributed by atoms with Crippen LogP contribution in [0.25, 0.3) is 0 Å². The fourth-order valence-corrected chi connectivity index (χ4v) is 2.64. The third-order valence-electron chi connectivity index (χ3n) is 3.82. The summed E-state index contributed by atoms with van der Waals surface area (Å²) in [5.74, 6) is 1.45. The van der Waals surface area contributed by atoms with Crippen LogP contribution in [-0.2, 0) is 11.2 Å². The van der Waals surface area contributed by atoms with Gasteiger partial charge in [-0.25, -0.2) is 0 Å². The molecule has 0 fully saturated rings. The molecular formula is C17H28BrNO2. The number of ether oxygens (including phenoxy) is 2. The Bertz CT molecular complexity index is 429. The molecule has 4 heteroatoms. The van der Waals surface area contributed by atoms with Gasteiger partial charge in [0.1, 0.15) is 5.75 Å². The summed E-state index contributed by atoms with van der Waals surface area (Å²) in [5, 5.41) is 3.49. The van der Waals surface area contributed by atoms with Crippen LogP contribution in [0, 0.1) is 11.3 Å². The van der Waals surface area contributed by atoms with Gasteiger partial charge >= 0.3 is 0 Å². The zero-order chi connectivity index (χ0) is 15.9. The number of nitrogens with one attached hydrogen (secondary N) is 1. The molecule has 0 amide bonds. The lowest BCUT2D eigenvalue weighted by Crippen LogP contribution is -2.34. The average molecular weight is 358 g/mol. The molecule has 0 spiro atoms. The minimum atomic E-state index is 0.239. The molecule has 1 unspecified atom stereocenters. The minimum Gasteiger partial charge on any atom is -0.497 e. The lowest BCUT2D eigenvalue weighted by atomic mass is 9.77. The summed E-state index contributed by atoms with van der Waals surface area (Å²) in [6.45, 7) is 9.51. The molecule has 21 heavy (non-hydrogen) atoms. The van der Waals surface area contributed by atoms with E-state index in [0.717, 1.165) is 36.3 Å². The molecule has 0 aliphatic carbocycles. The van der Waals surface area contributed by atoms with E-state index in [4.69, 9.17) is 9.47 Å². The maximum atomic E-state index is 5.34. The van der Waals surface area contributed by atoms with Crippen molar-refractivity contribution >= 4 is 15.9 Å². The molecule has 0 heterocycles. The van der Waals surface area contributed by atoms with E-state index in [1.54, 1.807) is 14.2 Å². The zero-order valence-electron chi connectivity index (χ0n) is 13.8. The highest BCUT2D eigenvalue weighted by Crippen LogP contribution is 2.32. The van der Waals surface area contributed by atoms with E-state index in [1.807, 2.05) is 6.07 Å². The standard InChI is InChI=1S/C17H28BrNO2/c1-17(2,3)14(12-19-8-9-20-4)10-13-11-15(21-5)6-7-16(13)18/h6-7,11,14,19H,8-10,12H2,1-5H3. The molecule has 1 rings (SSSR count). The van der Waals surface area contributed by atoms with Crippen molar-refractivity contribution in [3.8, 4) is 5.75 Å². The molecule has 0 saturated heterocycles. The lowest BCUT2D eigenvalue weighted by molar-refractivity contribution is 0.186. The quantitative estimate of drug-likeness (QED) is 0.715. The van der Waals surface area contributed by atoms with Crippen LogP contribution in [0.2, 0.25) is 0 Å². The van der Waals surface area contributed by atoms with Crippen LogP contribution in [0.1, 0.15) is 26.3 Å². The summed E-state index contributed by atoms with van der Waals surface area (Å²) >= 11 is 3.65. The van der Waals surface area contributed by atoms with Gasteiger partial charge in [-0.3, -0.25) is 0 Å². The first-order valence-corrected chi connectivity index (χ1v) is 8.20. The Morgan fingerprint density at radius 3 is 2.52 bits per heavy atom. The van der Waals surface area contributed by atoms with E-state index in [1.165, 1.54) is 5.56 Å². The van der Waals surface area contributed by atoms with Gasteiger partial charge in [-0.15, -0.1) is 0 Å². The second kappa shape index (κ2) is 8.76. The van der Waals surface area contributed by atoms with Gasteiger partial charge in [0.25, 0.3) is 0 Å². The van der Waals surface area contributed by atoms with Gasteiger partial charge in [0, 0.05) is 18.1 Å². The van der Waals surface area contributed by atoms with E-state index >= 15 is 0 Å². The smallest absolute Gasteiger partial charge is 0.119 e. The molecule has 1 aromatic rings. The molecule has 0 radical (unpaired) electrons. The normalized spacial score (nSPS) is 13.2. The molecule has 120 valence electrons. The molecule has 0 aromatic heterocycles. The highest BCUT2D eigenvalue weighted by Gasteiger charge is 2.25. The van der Waals surface area contributed by atoms with E-state index in [9.17, 15) is 0 Å². The van der Waals surface area contributed by atoms with Crippen LogP contribution in [0.3, 0.4) is 0 Å². The van der Waals surface area contributed by atoms with E-state index in [-0.39, 0.29) is 5.41 Å². The van der Waals surface area contributed by atoms with Crippen molar-refractivity contribution in [3.05, 3.63) is 28.2 Å².